The number of thioether (sulfide) groups is 1. The fourth-order valence-electron chi connectivity index (χ4n) is 4.44. The highest BCUT2D eigenvalue weighted by Crippen LogP contribution is 2.38. The summed E-state index contributed by atoms with van der Waals surface area (Å²) in [5.41, 5.74) is 2.32. The zero-order valence-electron chi connectivity index (χ0n) is 19.7. The minimum absolute atomic E-state index is 0.0125. The molecule has 0 aliphatic carbocycles. The molecule has 8 nitrogen and oxygen atoms in total. The first-order valence-corrected chi connectivity index (χ1v) is 12.7. The van der Waals surface area contributed by atoms with Crippen LogP contribution >= 0.6 is 11.8 Å². The number of likely N-dealkylation sites (N-methyl/N-ethyl adjacent to an activating group) is 1. The average molecular weight is 513 g/mol. The number of nitrogens with one attached hydrogen (secondary N) is 1. The molecule has 0 spiro atoms. The quantitative estimate of drug-likeness (QED) is 0.564. The zero-order chi connectivity index (χ0) is 25.3. The van der Waals surface area contributed by atoms with Crippen molar-refractivity contribution in [3.8, 4) is 0 Å². The summed E-state index contributed by atoms with van der Waals surface area (Å²) in [5.74, 6) is -3.23. The number of anilines is 2. The minimum atomic E-state index is -2.72. The number of carbonyl (C=O) groups excluding carboxylic acids is 2. The van der Waals surface area contributed by atoms with Gasteiger partial charge in [-0.15, -0.1) is 16.9 Å². The predicted octanol–water partition coefficient (Wildman–Crippen LogP) is 3.43. The number of benzene rings is 2. The van der Waals surface area contributed by atoms with Crippen LogP contribution < -0.4 is 15.1 Å². The first kappa shape index (κ1) is 24.2. The zero-order valence-corrected chi connectivity index (χ0v) is 20.5. The van der Waals surface area contributed by atoms with Crippen LogP contribution in [0.2, 0.25) is 0 Å². The third-order valence-electron chi connectivity index (χ3n) is 6.33. The van der Waals surface area contributed by atoms with Gasteiger partial charge < -0.3 is 15.1 Å². The van der Waals surface area contributed by atoms with Crippen LogP contribution in [-0.2, 0) is 11.3 Å². The molecule has 1 aromatic heterocycles. The lowest BCUT2D eigenvalue weighted by atomic mass is 10.1. The van der Waals surface area contributed by atoms with Gasteiger partial charge in [-0.05, 0) is 30.2 Å². The van der Waals surface area contributed by atoms with Gasteiger partial charge >= 0.3 is 0 Å². The Hall–Kier alpha value is -3.47. The van der Waals surface area contributed by atoms with Crippen molar-refractivity contribution in [2.24, 2.45) is 0 Å². The van der Waals surface area contributed by atoms with Crippen molar-refractivity contribution in [3.05, 3.63) is 66.2 Å². The van der Waals surface area contributed by atoms with Gasteiger partial charge in [0.25, 0.3) is 11.8 Å². The number of alkyl halides is 2. The van der Waals surface area contributed by atoms with Crippen LogP contribution in [-0.4, -0.2) is 64.4 Å². The Balaban J connectivity index is 1.27. The third kappa shape index (κ3) is 5.20. The number of amides is 2. The van der Waals surface area contributed by atoms with Gasteiger partial charge in [0, 0.05) is 36.3 Å². The highest BCUT2D eigenvalue weighted by molar-refractivity contribution is 7.99. The Morgan fingerprint density at radius 3 is 2.81 bits per heavy atom. The Morgan fingerprint density at radius 1 is 1.22 bits per heavy atom. The number of carbonyl (C=O) groups is 2. The van der Waals surface area contributed by atoms with Crippen molar-refractivity contribution < 1.29 is 18.4 Å². The van der Waals surface area contributed by atoms with E-state index in [9.17, 15) is 18.4 Å². The van der Waals surface area contributed by atoms with E-state index in [-0.39, 0.29) is 24.7 Å². The van der Waals surface area contributed by atoms with Crippen molar-refractivity contribution in [3.63, 3.8) is 0 Å². The van der Waals surface area contributed by atoms with Gasteiger partial charge in [0.1, 0.15) is 12.4 Å². The van der Waals surface area contributed by atoms with Gasteiger partial charge in [-0.1, -0.05) is 30.3 Å². The van der Waals surface area contributed by atoms with Gasteiger partial charge in [-0.2, -0.15) is 0 Å². The lowest BCUT2D eigenvalue weighted by Crippen LogP contribution is -2.48. The van der Waals surface area contributed by atoms with Crippen molar-refractivity contribution in [1.29, 1.82) is 0 Å². The van der Waals surface area contributed by atoms with E-state index in [0.717, 1.165) is 10.5 Å². The minimum Gasteiger partial charge on any atom is -0.365 e. The molecule has 2 aliphatic heterocycles. The van der Waals surface area contributed by atoms with Crippen LogP contribution in [0.15, 0.2) is 59.8 Å². The molecular formula is C25H26F2N6O2S. The molecule has 0 bridgehead atoms. The number of hydrogen-bond acceptors (Lipinski definition) is 6. The molecule has 1 atom stereocenters. The van der Waals surface area contributed by atoms with E-state index in [1.807, 2.05) is 42.5 Å². The Kier molecular flexibility index (Phi) is 6.65. The van der Waals surface area contributed by atoms with Crippen molar-refractivity contribution in [1.82, 2.24) is 20.1 Å². The van der Waals surface area contributed by atoms with Crippen molar-refractivity contribution >= 4 is 35.0 Å². The van der Waals surface area contributed by atoms with Crippen LogP contribution in [0.4, 0.5) is 20.2 Å². The predicted molar refractivity (Wildman–Crippen MR) is 134 cm³/mol. The molecule has 1 fully saturated rings. The lowest BCUT2D eigenvalue weighted by Gasteiger charge is -2.34. The molecule has 1 saturated heterocycles. The third-order valence-corrected chi connectivity index (χ3v) is 7.48. The highest BCUT2D eigenvalue weighted by Gasteiger charge is 2.36. The van der Waals surface area contributed by atoms with Crippen molar-refractivity contribution in [2.75, 3.05) is 35.7 Å². The maximum absolute atomic E-state index is 13.9. The molecule has 2 aromatic carbocycles. The van der Waals surface area contributed by atoms with Gasteiger partial charge in [0.2, 0.25) is 11.7 Å². The summed E-state index contributed by atoms with van der Waals surface area (Å²) in [6.45, 7) is 0.684. The van der Waals surface area contributed by atoms with Crippen LogP contribution in [0.25, 0.3) is 0 Å². The Bertz CT molecular complexity index is 1270. The fourth-order valence-corrected chi connectivity index (χ4v) is 5.52. The van der Waals surface area contributed by atoms with E-state index < -0.39 is 17.9 Å². The molecule has 2 amide bonds. The second-order valence-electron chi connectivity index (χ2n) is 9.02. The monoisotopic (exact) mass is 512 g/mol. The topological polar surface area (TPSA) is 83.4 Å². The van der Waals surface area contributed by atoms with Crippen LogP contribution in [0, 0.1) is 0 Å². The van der Waals surface area contributed by atoms with Crippen LogP contribution in [0.3, 0.4) is 0 Å². The molecule has 0 saturated carbocycles. The second kappa shape index (κ2) is 9.88. The summed E-state index contributed by atoms with van der Waals surface area (Å²) in [7, 11) is 1.63. The number of aromatic nitrogens is 3. The van der Waals surface area contributed by atoms with Crippen molar-refractivity contribution in [2.45, 2.75) is 36.2 Å². The molecular weight excluding hydrogens is 486 g/mol. The Labute approximate surface area is 211 Å². The molecule has 1 N–H and O–H groups in total. The summed E-state index contributed by atoms with van der Waals surface area (Å²) in [5, 5.41) is 7.01. The van der Waals surface area contributed by atoms with Gasteiger partial charge in [0.05, 0.1) is 18.8 Å². The highest BCUT2D eigenvalue weighted by atomic mass is 32.2. The van der Waals surface area contributed by atoms with E-state index >= 15 is 0 Å². The van der Waals surface area contributed by atoms with E-state index in [2.05, 4.69) is 15.4 Å². The second-order valence-corrected chi connectivity index (χ2v) is 10.1. The molecule has 0 radical (unpaired) electrons. The number of nitrogens with zero attached hydrogens (tertiary/aromatic N) is 5. The van der Waals surface area contributed by atoms with E-state index in [0.29, 0.717) is 36.6 Å². The maximum atomic E-state index is 13.9. The molecule has 11 heteroatoms. The smallest absolute Gasteiger partial charge is 0.291 e. The fraction of sp³-hybridized carbons (Fsp3) is 0.360. The largest absolute Gasteiger partial charge is 0.365 e. The number of rotatable bonds is 5. The van der Waals surface area contributed by atoms with Crippen LogP contribution in [0.1, 0.15) is 29.0 Å². The molecule has 5 rings (SSSR count). The Morgan fingerprint density at radius 2 is 2.03 bits per heavy atom. The first-order chi connectivity index (χ1) is 17.3. The summed E-state index contributed by atoms with van der Waals surface area (Å²) >= 11 is 1.43. The summed E-state index contributed by atoms with van der Waals surface area (Å²) < 4.78 is 29.5. The number of piperidine rings is 1. The summed E-state index contributed by atoms with van der Waals surface area (Å²) in [6, 6.07) is 14.3. The molecule has 3 aromatic rings. The number of fused-ring (bicyclic) bond motifs is 1. The van der Waals surface area contributed by atoms with E-state index in [1.165, 1.54) is 23.0 Å². The first-order valence-electron chi connectivity index (χ1n) is 11.7. The summed E-state index contributed by atoms with van der Waals surface area (Å²) in [6.07, 6.45) is 1.79. The number of hydrogen-bond donors (Lipinski definition) is 1. The van der Waals surface area contributed by atoms with E-state index in [1.54, 1.807) is 22.7 Å². The van der Waals surface area contributed by atoms with Gasteiger partial charge in [-0.25, -0.2) is 18.4 Å². The lowest BCUT2D eigenvalue weighted by molar-refractivity contribution is -0.119. The molecule has 36 heavy (non-hydrogen) atoms. The molecule has 0 unspecified atom stereocenters. The van der Waals surface area contributed by atoms with Crippen LogP contribution in [0.5, 0.6) is 0 Å². The molecule has 188 valence electrons. The molecule has 3 heterocycles. The number of halogens is 2. The average Bonchev–Trinajstić information content (AvgIpc) is 3.30. The molecule has 2 aliphatic rings. The summed E-state index contributed by atoms with van der Waals surface area (Å²) in [4.78, 5) is 34.1. The van der Waals surface area contributed by atoms with E-state index in [4.69, 9.17) is 0 Å². The maximum Gasteiger partial charge on any atom is 0.291 e. The normalized spacial score (nSPS) is 19.5. The standard InChI is InChI=1S/C25H26F2N6O2S/c1-31-20-12-18(32-11-5-10-25(26,27)15-32)8-9-21(20)36-14-19(24(31)35)29-23(34)22-28-16-33(30-22)13-17-6-3-2-4-7-17/h2-4,6-9,12,16,19H,5,10-11,13-15H2,1H3,(H,29,34)/t19-/m0/s1. The van der Waals surface area contributed by atoms with Gasteiger partial charge in [0.15, 0.2) is 0 Å². The van der Waals surface area contributed by atoms with Gasteiger partial charge in [-0.3, -0.25) is 9.59 Å². The SMILES string of the molecule is CN1C(=O)[C@@H](NC(=O)c2ncn(Cc3ccccc3)n2)CSc2ccc(N3CCCC(F)(F)C3)cc21.